The van der Waals surface area contributed by atoms with E-state index in [2.05, 4.69) is 4.72 Å². The third-order valence-electron chi connectivity index (χ3n) is 3.34. The molecule has 0 aliphatic rings. The molecule has 0 amide bonds. The number of nitrogens with zero attached hydrogens (tertiary/aromatic N) is 1. The van der Waals surface area contributed by atoms with Crippen LogP contribution in [0.25, 0.3) is 0 Å². The summed E-state index contributed by atoms with van der Waals surface area (Å²) in [5.74, 6) is 0. The predicted octanol–water partition coefficient (Wildman–Crippen LogP) is 1.50. The zero-order chi connectivity index (χ0) is 15.5. The van der Waals surface area contributed by atoms with Gasteiger partial charge in [0.25, 0.3) is 0 Å². The van der Waals surface area contributed by atoms with E-state index in [1.807, 2.05) is 38.9 Å². The number of benzene rings is 1. The average molecular weight is 299 g/mol. The first-order valence-electron chi connectivity index (χ1n) is 6.68. The Bertz CT molecular complexity index is 568. The zero-order valence-corrected chi connectivity index (χ0v) is 13.7. The van der Waals surface area contributed by atoms with Gasteiger partial charge in [0, 0.05) is 6.04 Å². The molecule has 1 rings (SSSR count). The van der Waals surface area contributed by atoms with Crippen LogP contribution in [0, 0.1) is 13.8 Å². The highest BCUT2D eigenvalue weighted by Crippen LogP contribution is 2.25. The standard InChI is InChI=1S/C14H25N3O2S/c1-10-6-7-13(15)14(12(10)3)20(18,19)16-11(2)8-9-17(4)5/h6-7,11,16H,8-9,15H2,1-5H3. The summed E-state index contributed by atoms with van der Waals surface area (Å²) in [7, 11) is 0.340. The van der Waals surface area contributed by atoms with Gasteiger partial charge in [0.2, 0.25) is 10.0 Å². The van der Waals surface area contributed by atoms with Crippen LogP contribution < -0.4 is 10.5 Å². The molecule has 0 spiro atoms. The largest absolute Gasteiger partial charge is 0.398 e. The van der Waals surface area contributed by atoms with Gasteiger partial charge < -0.3 is 10.6 Å². The lowest BCUT2D eigenvalue weighted by molar-refractivity contribution is 0.379. The molecular formula is C14H25N3O2S. The second-order valence-electron chi connectivity index (χ2n) is 5.54. The minimum Gasteiger partial charge on any atom is -0.398 e. The second kappa shape index (κ2) is 6.56. The number of aryl methyl sites for hydroxylation is 1. The Morgan fingerprint density at radius 1 is 1.30 bits per heavy atom. The summed E-state index contributed by atoms with van der Waals surface area (Å²) in [6, 6.07) is 3.34. The summed E-state index contributed by atoms with van der Waals surface area (Å²) in [4.78, 5) is 2.23. The Morgan fingerprint density at radius 3 is 2.45 bits per heavy atom. The van der Waals surface area contributed by atoms with Crippen LogP contribution in [0.4, 0.5) is 5.69 Å². The number of nitrogens with two attached hydrogens (primary N) is 1. The Kier molecular flexibility index (Phi) is 5.56. The first kappa shape index (κ1) is 16.9. The van der Waals surface area contributed by atoms with Gasteiger partial charge in [-0.2, -0.15) is 0 Å². The molecule has 20 heavy (non-hydrogen) atoms. The maximum Gasteiger partial charge on any atom is 0.243 e. The maximum atomic E-state index is 12.5. The number of nitrogen functional groups attached to an aromatic ring is 1. The van der Waals surface area contributed by atoms with Crippen LogP contribution in [-0.2, 0) is 10.0 Å². The number of sulfonamides is 1. The Hall–Kier alpha value is -1.11. The van der Waals surface area contributed by atoms with Crippen molar-refractivity contribution >= 4 is 15.7 Å². The molecule has 0 aliphatic heterocycles. The van der Waals surface area contributed by atoms with Crippen molar-refractivity contribution in [2.24, 2.45) is 0 Å². The lowest BCUT2D eigenvalue weighted by atomic mass is 10.1. The molecular weight excluding hydrogens is 274 g/mol. The molecule has 1 unspecified atom stereocenters. The van der Waals surface area contributed by atoms with Crippen LogP contribution in [0.1, 0.15) is 24.5 Å². The first-order chi connectivity index (χ1) is 9.15. The van der Waals surface area contributed by atoms with Gasteiger partial charge in [-0.15, -0.1) is 0 Å². The average Bonchev–Trinajstić information content (AvgIpc) is 2.31. The lowest BCUT2D eigenvalue weighted by Gasteiger charge is -2.19. The summed E-state index contributed by atoms with van der Waals surface area (Å²) < 4.78 is 27.7. The van der Waals surface area contributed by atoms with Crippen molar-refractivity contribution in [3.63, 3.8) is 0 Å². The van der Waals surface area contributed by atoms with Crippen LogP contribution >= 0.6 is 0 Å². The molecule has 0 fully saturated rings. The molecule has 0 saturated carbocycles. The van der Waals surface area contributed by atoms with Crippen LogP contribution in [0.2, 0.25) is 0 Å². The second-order valence-corrected chi connectivity index (χ2v) is 7.19. The molecule has 0 bridgehead atoms. The molecule has 0 radical (unpaired) electrons. The Labute approximate surface area is 122 Å². The third-order valence-corrected chi connectivity index (χ3v) is 5.13. The van der Waals surface area contributed by atoms with Gasteiger partial charge in [-0.25, -0.2) is 13.1 Å². The fraction of sp³-hybridized carbons (Fsp3) is 0.571. The summed E-state index contributed by atoms with van der Waals surface area (Å²) in [6.45, 7) is 6.35. The molecule has 0 saturated heterocycles. The third kappa shape index (κ3) is 4.19. The molecule has 0 aliphatic carbocycles. The lowest BCUT2D eigenvalue weighted by Crippen LogP contribution is -2.35. The molecule has 0 heterocycles. The van der Waals surface area contributed by atoms with E-state index >= 15 is 0 Å². The molecule has 3 N–H and O–H groups in total. The van der Waals surface area contributed by atoms with Gasteiger partial charge in [0.15, 0.2) is 0 Å². The Morgan fingerprint density at radius 2 is 1.90 bits per heavy atom. The van der Waals surface area contributed by atoms with Crippen LogP contribution in [0.3, 0.4) is 0 Å². The number of rotatable bonds is 6. The van der Waals surface area contributed by atoms with Crippen molar-refractivity contribution in [2.75, 3.05) is 26.4 Å². The van der Waals surface area contributed by atoms with E-state index in [9.17, 15) is 8.42 Å². The van der Waals surface area contributed by atoms with E-state index in [0.29, 0.717) is 11.3 Å². The fourth-order valence-corrected chi connectivity index (χ4v) is 3.71. The normalized spacial score (nSPS) is 13.7. The van der Waals surface area contributed by atoms with Crippen molar-refractivity contribution in [2.45, 2.75) is 38.1 Å². The van der Waals surface area contributed by atoms with Crippen LogP contribution in [-0.4, -0.2) is 40.0 Å². The van der Waals surface area contributed by atoms with E-state index in [0.717, 1.165) is 18.5 Å². The van der Waals surface area contributed by atoms with E-state index in [-0.39, 0.29) is 10.9 Å². The van der Waals surface area contributed by atoms with Crippen LogP contribution in [0.15, 0.2) is 17.0 Å². The zero-order valence-electron chi connectivity index (χ0n) is 12.9. The van der Waals surface area contributed by atoms with Gasteiger partial charge in [0.1, 0.15) is 4.90 Å². The predicted molar refractivity (Wildman–Crippen MR) is 83.3 cm³/mol. The number of hydrogen-bond donors (Lipinski definition) is 2. The minimum atomic E-state index is -3.58. The summed E-state index contributed by atoms with van der Waals surface area (Å²) >= 11 is 0. The summed E-state index contributed by atoms with van der Waals surface area (Å²) in [5, 5.41) is 0. The summed E-state index contributed by atoms with van der Waals surface area (Å²) in [6.07, 6.45) is 0.747. The monoisotopic (exact) mass is 299 g/mol. The molecule has 114 valence electrons. The minimum absolute atomic E-state index is 0.137. The van der Waals surface area contributed by atoms with Gasteiger partial charge in [-0.05, 0) is 65.0 Å². The van der Waals surface area contributed by atoms with Crippen molar-refractivity contribution in [1.29, 1.82) is 0 Å². The van der Waals surface area contributed by atoms with Crippen molar-refractivity contribution in [3.8, 4) is 0 Å². The van der Waals surface area contributed by atoms with Gasteiger partial charge >= 0.3 is 0 Å². The number of hydrogen-bond acceptors (Lipinski definition) is 4. The quantitative estimate of drug-likeness (QED) is 0.781. The summed E-state index contributed by atoms with van der Waals surface area (Å²) in [5.41, 5.74) is 7.76. The highest BCUT2D eigenvalue weighted by Gasteiger charge is 2.23. The highest BCUT2D eigenvalue weighted by molar-refractivity contribution is 7.89. The maximum absolute atomic E-state index is 12.5. The van der Waals surface area contributed by atoms with Crippen LogP contribution in [0.5, 0.6) is 0 Å². The molecule has 1 atom stereocenters. The van der Waals surface area contributed by atoms with E-state index in [1.165, 1.54) is 0 Å². The molecule has 5 nitrogen and oxygen atoms in total. The number of nitrogens with one attached hydrogen (secondary N) is 1. The Balaban J connectivity index is 2.98. The van der Waals surface area contributed by atoms with Gasteiger partial charge in [-0.1, -0.05) is 6.07 Å². The fourth-order valence-electron chi connectivity index (χ4n) is 2.00. The van der Waals surface area contributed by atoms with E-state index < -0.39 is 10.0 Å². The SMILES string of the molecule is Cc1ccc(N)c(S(=O)(=O)NC(C)CCN(C)C)c1C. The smallest absolute Gasteiger partial charge is 0.243 e. The van der Waals surface area contributed by atoms with E-state index in [4.69, 9.17) is 5.73 Å². The van der Waals surface area contributed by atoms with E-state index in [1.54, 1.807) is 13.0 Å². The molecule has 6 heteroatoms. The molecule has 1 aromatic carbocycles. The first-order valence-corrected chi connectivity index (χ1v) is 8.16. The van der Waals surface area contributed by atoms with Crippen molar-refractivity contribution in [1.82, 2.24) is 9.62 Å². The van der Waals surface area contributed by atoms with Gasteiger partial charge in [-0.3, -0.25) is 0 Å². The highest BCUT2D eigenvalue weighted by atomic mass is 32.2. The number of anilines is 1. The molecule has 1 aromatic rings. The van der Waals surface area contributed by atoms with Gasteiger partial charge in [0.05, 0.1) is 5.69 Å². The molecule has 0 aromatic heterocycles. The topological polar surface area (TPSA) is 75.4 Å². The van der Waals surface area contributed by atoms with Crippen molar-refractivity contribution < 1.29 is 8.42 Å². The van der Waals surface area contributed by atoms with Crippen molar-refractivity contribution in [3.05, 3.63) is 23.3 Å².